The zero-order chi connectivity index (χ0) is 18.5. The number of ether oxygens (including phenoxy) is 2. The molecule has 4 heteroatoms. The second kappa shape index (κ2) is 6.69. The average Bonchev–Trinajstić information content (AvgIpc) is 2.90. The van der Waals surface area contributed by atoms with Crippen molar-refractivity contribution >= 4 is 11.9 Å². The molecule has 4 rings (SSSR count). The van der Waals surface area contributed by atoms with Gasteiger partial charge in [0.1, 0.15) is 12.2 Å². The smallest absolute Gasteiger partial charge is 0.303 e. The molecule has 0 radical (unpaired) electrons. The molecular weight excluding hydrogens is 328 g/mol. The molecule has 0 aromatic heterocycles. The minimum absolute atomic E-state index is 0.0102. The maximum Gasteiger partial charge on any atom is 0.303 e. The van der Waals surface area contributed by atoms with Gasteiger partial charge in [-0.05, 0) is 81.1 Å². The summed E-state index contributed by atoms with van der Waals surface area (Å²) in [6.45, 7) is 5.42. The SMILES string of the molecule is CC(=O)OC1C=C2CC[C@@H]3[C@H](CC[C@]4(C)C(OC(C)=O)CC[C@@H]34)[C@H]2CC1. The first kappa shape index (κ1) is 18.1. The topological polar surface area (TPSA) is 52.6 Å². The molecule has 0 bridgehead atoms. The van der Waals surface area contributed by atoms with Gasteiger partial charge in [-0.1, -0.05) is 12.5 Å². The molecule has 4 aliphatic rings. The van der Waals surface area contributed by atoms with Crippen LogP contribution in [0.15, 0.2) is 11.6 Å². The summed E-state index contributed by atoms with van der Waals surface area (Å²) in [7, 11) is 0. The molecule has 144 valence electrons. The highest BCUT2D eigenvalue weighted by Gasteiger charge is 2.57. The fourth-order valence-corrected chi connectivity index (χ4v) is 6.95. The van der Waals surface area contributed by atoms with Crippen molar-refractivity contribution in [2.45, 2.75) is 84.3 Å². The highest BCUT2D eigenvalue weighted by atomic mass is 16.5. The molecule has 0 saturated heterocycles. The fourth-order valence-electron chi connectivity index (χ4n) is 6.95. The van der Waals surface area contributed by atoms with Gasteiger partial charge in [0.05, 0.1) is 0 Å². The number of carbonyl (C=O) groups excluding carboxylic acids is 2. The Hall–Kier alpha value is -1.32. The van der Waals surface area contributed by atoms with E-state index in [-0.39, 0.29) is 29.6 Å². The summed E-state index contributed by atoms with van der Waals surface area (Å²) in [6, 6.07) is 0. The van der Waals surface area contributed by atoms with Gasteiger partial charge in [0, 0.05) is 19.3 Å². The maximum atomic E-state index is 11.5. The summed E-state index contributed by atoms with van der Waals surface area (Å²) in [5.74, 6) is 2.60. The largest absolute Gasteiger partial charge is 0.462 e. The number of carbonyl (C=O) groups is 2. The molecule has 0 amide bonds. The third kappa shape index (κ3) is 2.99. The van der Waals surface area contributed by atoms with Crippen LogP contribution in [0.1, 0.15) is 72.1 Å². The maximum absolute atomic E-state index is 11.5. The Bertz CT molecular complexity index is 624. The van der Waals surface area contributed by atoms with Crippen molar-refractivity contribution in [2.75, 3.05) is 0 Å². The predicted molar refractivity (Wildman–Crippen MR) is 98.2 cm³/mol. The van der Waals surface area contributed by atoms with Crippen LogP contribution in [0.25, 0.3) is 0 Å². The van der Waals surface area contributed by atoms with E-state index in [4.69, 9.17) is 9.47 Å². The summed E-state index contributed by atoms with van der Waals surface area (Å²) in [6.07, 6.45) is 11.5. The van der Waals surface area contributed by atoms with Crippen molar-refractivity contribution < 1.29 is 19.1 Å². The summed E-state index contributed by atoms with van der Waals surface area (Å²) < 4.78 is 11.2. The molecule has 0 aromatic carbocycles. The van der Waals surface area contributed by atoms with Crippen LogP contribution < -0.4 is 0 Å². The van der Waals surface area contributed by atoms with Crippen molar-refractivity contribution in [1.29, 1.82) is 0 Å². The quantitative estimate of drug-likeness (QED) is 0.540. The first-order valence-electron chi connectivity index (χ1n) is 10.4. The van der Waals surface area contributed by atoms with E-state index in [1.807, 2.05) is 0 Å². The molecule has 0 heterocycles. The number of esters is 2. The standard InChI is InChI=1S/C22H32O4/c1-13(23)25-16-5-7-17-15(12-16)4-6-19-18(17)10-11-22(3)20(19)8-9-21(22)26-14(2)24/h12,16-21H,4-11H2,1-3H3/t16?,17-,18+,19+,20-,21?,22-/m0/s1. The zero-order valence-electron chi connectivity index (χ0n) is 16.3. The molecule has 0 spiro atoms. The van der Waals surface area contributed by atoms with Gasteiger partial charge < -0.3 is 9.47 Å². The van der Waals surface area contributed by atoms with Crippen molar-refractivity contribution in [2.24, 2.45) is 29.1 Å². The van der Waals surface area contributed by atoms with E-state index < -0.39 is 0 Å². The predicted octanol–water partition coefficient (Wildman–Crippen LogP) is 4.42. The lowest BCUT2D eigenvalue weighted by atomic mass is 9.52. The molecule has 4 nitrogen and oxygen atoms in total. The Labute approximate surface area is 156 Å². The third-order valence-electron chi connectivity index (χ3n) is 7.95. The van der Waals surface area contributed by atoms with Crippen molar-refractivity contribution in [3.63, 3.8) is 0 Å². The zero-order valence-corrected chi connectivity index (χ0v) is 16.3. The normalized spacial score (nSPS) is 44.2. The number of allylic oxidation sites excluding steroid dienone is 1. The first-order chi connectivity index (χ1) is 12.4. The molecule has 3 saturated carbocycles. The number of hydrogen-bond donors (Lipinski definition) is 0. The fraction of sp³-hybridized carbons (Fsp3) is 0.818. The van der Waals surface area contributed by atoms with Crippen LogP contribution in [0.5, 0.6) is 0 Å². The summed E-state index contributed by atoms with van der Waals surface area (Å²) >= 11 is 0. The average molecular weight is 360 g/mol. The minimum atomic E-state index is -0.171. The third-order valence-corrected chi connectivity index (χ3v) is 7.95. The molecule has 0 aliphatic heterocycles. The van der Waals surface area contributed by atoms with E-state index in [1.54, 1.807) is 12.5 Å². The van der Waals surface area contributed by atoms with Crippen LogP contribution in [0.2, 0.25) is 0 Å². The Morgan fingerprint density at radius 1 is 0.962 bits per heavy atom. The lowest BCUT2D eigenvalue weighted by Crippen LogP contribution is -2.48. The molecule has 0 N–H and O–H groups in total. The number of rotatable bonds is 2. The van der Waals surface area contributed by atoms with Crippen LogP contribution in [0.3, 0.4) is 0 Å². The molecular formula is C22H32O4. The molecule has 0 aromatic rings. The van der Waals surface area contributed by atoms with Gasteiger partial charge in [0.2, 0.25) is 0 Å². The van der Waals surface area contributed by atoms with Crippen LogP contribution in [-0.2, 0) is 19.1 Å². The second-order valence-corrected chi connectivity index (χ2v) is 9.27. The molecule has 26 heavy (non-hydrogen) atoms. The molecule has 7 atom stereocenters. The summed E-state index contributed by atoms with van der Waals surface area (Å²) in [5.41, 5.74) is 1.71. The van der Waals surface area contributed by atoms with E-state index in [9.17, 15) is 9.59 Å². The van der Waals surface area contributed by atoms with Crippen LogP contribution in [0, 0.1) is 29.1 Å². The van der Waals surface area contributed by atoms with E-state index in [2.05, 4.69) is 13.0 Å². The number of hydrogen-bond acceptors (Lipinski definition) is 4. The monoisotopic (exact) mass is 360 g/mol. The summed E-state index contributed by atoms with van der Waals surface area (Å²) in [5, 5.41) is 0. The second-order valence-electron chi connectivity index (χ2n) is 9.27. The van der Waals surface area contributed by atoms with Gasteiger partial charge in [0.15, 0.2) is 0 Å². The van der Waals surface area contributed by atoms with Gasteiger partial charge in [-0.25, -0.2) is 0 Å². The van der Waals surface area contributed by atoms with E-state index in [1.165, 1.54) is 32.6 Å². The van der Waals surface area contributed by atoms with E-state index in [0.717, 1.165) is 37.5 Å². The van der Waals surface area contributed by atoms with Crippen LogP contribution >= 0.6 is 0 Å². The van der Waals surface area contributed by atoms with Crippen molar-refractivity contribution in [1.82, 2.24) is 0 Å². The minimum Gasteiger partial charge on any atom is -0.462 e. The lowest BCUT2D eigenvalue weighted by Gasteiger charge is -2.53. The van der Waals surface area contributed by atoms with Gasteiger partial charge in [-0.3, -0.25) is 9.59 Å². The Kier molecular flexibility index (Phi) is 4.65. The molecule has 2 unspecified atom stereocenters. The van der Waals surface area contributed by atoms with Crippen LogP contribution in [0.4, 0.5) is 0 Å². The highest BCUT2D eigenvalue weighted by molar-refractivity contribution is 5.66. The Morgan fingerprint density at radius 2 is 1.73 bits per heavy atom. The molecule has 4 aliphatic carbocycles. The molecule has 3 fully saturated rings. The van der Waals surface area contributed by atoms with Crippen molar-refractivity contribution in [3.8, 4) is 0 Å². The van der Waals surface area contributed by atoms with Crippen LogP contribution in [-0.4, -0.2) is 24.1 Å². The van der Waals surface area contributed by atoms with Gasteiger partial charge in [0.25, 0.3) is 0 Å². The van der Waals surface area contributed by atoms with Gasteiger partial charge >= 0.3 is 11.9 Å². The lowest BCUT2D eigenvalue weighted by molar-refractivity contribution is -0.156. The highest BCUT2D eigenvalue weighted by Crippen LogP contribution is 2.62. The van der Waals surface area contributed by atoms with Gasteiger partial charge in [-0.15, -0.1) is 0 Å². The number of fused-ring (bicyclic) bond motifs is 5. The Morgan fingerprint density at radius 3 is 2.46 bits per heavy atom. The van der Waals surface area contributed by atoms with E-state index >= 15 is 0 Å². The van der Waals surface area contributed by atoms with Crippen molar-refractivity contribution in [3.05, 3.63) is 11.6 Å². The Balaban J connectivity index is 1.50. The first-order valence-corrected chi connectivity index (χ1v) is 10.4. The summed E-state index contributed by atoms with van der Waals surface area (Å²) in [4.78, 5) is 22.8. The van der Waals surface area contributed by atoms with Gasteiger partial charge in [-0.2, -0.15) is 0 Å². The van der Waals surface area contributed by atoms with E-state index in [0.29, 0.717) is 11.8 Å².